The first-order chi connectivity index (χ1) is 7.89. The third-order valence-electron chi connectivity index (χ3n) is 3.00. The molecule has 0 spiro atoms. The van der Waals surface area contributed by atoms with Crippen LogP contribution in [0.15, 0.2) is 0 Å². The lowest BCUT2D eigenvalue weighted by Gasteiger charge is -2.28. The number of aliphatic carboxylic acids is 1. The van der Waals surface area contributed by atoms with Gasteiger partial charge in [0.2, 0.25) is 6.10 Å². The minimum Gasteiger partial charge on any atom is -0.478 e. The molecule has 1 amide bonds. The number of nitrogens with zero attached hydrogens (tertiary/aromatic N) is 1. The Hall–Kier alpha value is -1.31. The van der Waals surface area contributed by atoms with Gasteiger partial charge in [0.05, 0.1) is 18.1 Å². The van der Waals surface area contributed by atoms with Crippen molar-refractivity contribution in [2.24, 2.45) is 0 Å². The van der Waals surface area contributed by atoms with Crippen LogP contribution in [-0.4, -0.2) is 60.7 Å². The molecule has 0 aromatic carbocycles. The number of carbonyl (C=O) groups excluding carboxylic acids is 1. The molecule has 0 bridgehead atoms. The van der Waals surface area contributed by atoms with Crippen molar-refractivity contribution in [3.8, 4) is 0 Å². The van der Waals surface area contributed by atoms with E-state index in [1.807, 2.05) is 0 Å². The van der Waals surface area contributed by atoms with E-state index in [4.69, 9.17) is 5.11 Å². The summed E-state index contributed by atoms with van der Waals surface area (Å²) in [7, 11) is -3.13. The smallest absolute Gasteiger partial charge is 0.411 e. The van der Waals surface area contributed by atoms with Gasteiger partial charge < -0.3 is 9.84 Å². The standard InChI is InChI=1S/C9H13NO6S/c11-8(12)7-4-10(9(13)16-7)6-2-1-3-17(14,15)5-6/h6-7H,1-5H2,(H,11,12)/t6?,7-/m1/s1. The van der Waals surface area contributed by atoms with Gasteiger partial charge in [0.25, 0.3) is 0 Å². The fourth-order valence-electron chi connectivity index (χ4n) is 2.15. The number of amides is 1. The number of carboxylic acids is 1. The summed E-state index contributed by atoms with van der Waals surface area (Å²) in [5, 5.41) is 8.73. The van der Waals surface area contributed by atoms with Gasteiger partial charge in [-0.2, -0.15) is 0 Å². The molecule has 0 aromatic rings. The first kappa shape index (κ1) is 12.2. The lowest BCUT2D eigenvalue weighted by molar-refractivity contribution is -0.144. The third-order valence-corrected chi connectivity index (χ3v) is 4.80. The van der Waals surface area contributed by atoms with E-state index in [0.717, 1.165) is 0 Å². The SMILES string of the molecule is O=C(O)[C@H]1CN(C2CCCS(=O)(=O)C2)C(=O)O1. The van der Waals surface area contributed by atoms with Crippen molar-refractivity contribution in [3.05, 3.63) is 0 Å². The Morgan fingerprint density at radius 1 is 1.47 bits per heavy atom. The molecule has 0 saturated carbocycles. The summed E-state index contributed by atoms with van der Waals surface area (Å²) in [5.74, 6) is -1.18. The van der Waals surface area contributed by atoms with E-state index in [2.05, 4.69) is 4.74 Å². The van der Waals surface area contributed by atoms with E-state index >= 15 is 0 Å². The third kappa shape index (κ3) is 2.51. The predicted octanol–water partition coefficient (Wildman–Crippen LogP) is -0.531. The molecule has 8 heteroatoms. The van der Waals surface area contributed by atoms with Gasteiger partial charge in [-0.25, -0.2) is 18.0 Å². The van der Waals surface area contributed by atoms with Crippen molar-refractivity contribution in [3.63, 3.8) is 0 Å². The van der Waals surface area contributed by atoms with Crippen LogP contribution in [0.2, 0.25) is 0 Å². The van der Waals surface area contributed by atoms with Gasteiger partial charge >= 0.3 is 12.1 Å². The Morgan fingerprint density at radius 3 is 2.71 bits per heavy atom. The number of hydrogen-bond acceptors (Lipinski definition) is 5. The molecule has 7 nitrogen and oxygen atoms in total. The Bertz CT molecular complexity index is 444. The summed E-state index contributed by atoms with van der Waals surface area (Å²) in [4.78, 5) is 23.3. The van der Waals surface area contributed by atoms with Gasteiger partial charge in [0, 0.05) is 6.04 Å². The highest BCUT2D eigenvalue weighted by Crippen LogP contribution is 2.22. The largest absolute Gasteiger partial charge is 0.478 e. The molecule has 1 N–H and O–H groups in total. The highest BCUT2D eigenvalue weighted by Gasteiger charge is 2.42. The zero-order valence-corrected chi connectivity index (χ0v) is 9.85. The van der Waals surface area contributed by atoms with Gasteiger partial charge in [0.1, 0.15) is 0 Å². The molecule has 2 rings (SSSR count). The van der Waals surface area contributed by atoms with Crippen LogP contribution in [0.3, 0.4) is 0 Å². The number of hydrogen-bond donors (Lipinski definition) is 1. The molecule has 0 aliphatic carbocycles. The molecule has 2 heterocycles. The van der Waals surface area contributed by atoms with Crippen molar-refractivity contribution in [2.75, 3.05) is 18.1 Å². The van der Waals surface area contributed by atoms with E-state index in [1.165, 1.54) is 4.90 Å². The average Bonchev–Trinajstić information content (AvgIpc) is 2.59. The summed E-state index contributed by atoms with van der Waals surface area (Å²) in [6, 6.07) is -0.453. The zero-order valence-electron chi connectivity index (χ0n) is 9.03. The van der Waals surface area contributed by atoms with Crippen LogP contribution in [0.5, 0.6) is 0 Å². The maximum absolute atomic E-state index is 11.4. The number of sulfone groups is 1. The molecule has 96 valence electrons. The second kappa shape index (κ2) is 4.17. The molecule has 2 fully saturated rings. The van der Waals surface area contributed by atoms with E-state index in [0.29, 0.717) is 12.8 Å². The van der Waals surface area contributed by atoms with Crippen LogP contribution in [-0.2, 0) is 19.4 Å². The zero-order chi connectivity index (χ0) is 12.6. The Kier molecular flexibility index (Phi) is 2.98. The maximum Gasteiger partial charge on any atom is 0.411 e. The quantitative estimate of drug-likeness (QED) is 0.718. The number of carboxylic acid groups (broad SMARTS) is 1. The maximum atomic E-state index is 11.4. The van der Waals surface area contributed by atoms with E-state index < -0.39 is 34.0 Å². The molecular formula is C9H13NO6S. The fraction of sp³-hybridized carbons (Fsp3) is 0.778. The van der Waals surface area contributed by atoms with Crippen molar-refractivity contribution in [2.45, 2.75) is 25.0 Å². The molecule has 1 unspecified atom stereocenters. The summed E-state index contributed by atoms with van der Waals surface area (Å²) < 4.78 is 27.5. The van der Waals surface area contributed by atoms with Crippen LogP contribution in [0, 0.1) is 0 Å². The Morgan fingerprint density at radius 2 is 2.18 bits per heavy atom. The van der Waals surface area contributed by atoms with Crippen molar-refractivity contribution < 1.29 is 27.9 Å². The minimum absolute atomic E-state index is 0.0750. The van der Waals surface area contributed by atoms with E-state index in [9.17, 15) is 18.0 Å². The molecule has 0 aromatic heterocycles. The van der Waals surface area contributed by atoms with Gasteiger partial charge in [-0.1, -0.05) is 0 Å². The molecule has 2 aliphatic heterocycles. The molecular weight excluding hydrogens is 250 g/mol. The summed E-state index contributed by atoms with van der Waals surface area (Å²) >= 11 is 0. The van der Waals surface area contributed by atoms with Crippen LogP contribution in [0.1, 0.15) is 12.8 Å². The fourth-order valence-corrected chi connectivity index (χ4v) is 3.86. The average molecular weight is 263 g/mol. The second-order valence-electron chi connectivity index (χ2n) is 4.27. The minimum atomic E-state index is -3.13. The normalized spacial score (nSPS) is 32.2. The van der Waals surface area contributed by atoms with Crippen molar-refractivity contribution in [1.82, 2.24) is 4.90 Å². The first-order valence-electron chi connectivity index (χ1n) is 5.29. The number of rotatable bonds is 2. The summed E-state index contributed by atoms with van der Waals surface area (Å²) in [5.41, 5.74) is 0. The van der Waals surface area contributed by atoms with Crippen LogP contribution in [0.25, 0.3) is 0 Å². The van der Waals surface area contributed by atoms with Gasteiger partial charge in [-0.15, -0.1) is 0 Å². The Balaban J connectivity index is 2.08. The van der Waals surface area contributed by atoms with Crippen molar-refractivity contribution >= 4 is 21.9 Å². The lowest BCUT2D eigenvalue weighted by Crippen LogP contribution is -2.44. The topological polar surface area (TPSA) is 101 Å². The lowest BCUT2D eigenvalue weighted by atomic mass is 10.1. The van der Waals surface area contributed by atoms with E-state index in [-0.39, 0.29) is 18.1 Å². The van der Waals surface area contributed by atoms with Crippen LogP contribution >= 0.6 is 0 Å². The molecule has 0 radical (unpaired) electrons. The van der Waals surface area contributed by atoms with Gasteiger partial charge in [0.15, 0.2) is 9.84 Å². The molecule has 2 aliphatic rings. The summed E-state index contributed by atoms with van der Waals surface area (Å²) in [6.07, 6.45) is -0.860. The highest BCUT2D eigenvalue weighted by molar-refractivity contribution is 7.91. The molecule has 2 saturated heterocycles. The predicted molar refractivity (Wildman–Crippen MR) is 56.3 cm³/mol. The highest BCUT2D eigenvalue weighted by atomic mass is 32.2. The number of carbonyl (C=O) groups is 2. The van der Waals surface area contributed by atoms with Crippen LogP contribution < -0.4 is 0 Å². The monoisotopic (exact) mass is 263 g/mol. The number of cyclic esters (lactones) is 1. The number of ether oxygens (including phenoxy) is 1. The molecule has 2 atom stereocenters. The molecule has 17 heavy (non-hydrogen) atoms. The van der Waals surface area contributed by atoms with Crippen LogP contribution in [0.4, 0.5) is 4.79 Å². The van der Waals surface area contributed by atoms with Gasteiger partial charge in [-0.05, 0) is 12.8 Å². The first-order valence-corrected chi connectivity index (χ1v) is 7.12. The Labute approximate surface area is 98.3 Å². The second-order valence-corrected chi connectivity index (χ2v) is 6.50. The van der Waals surface area contributed by atoms with E-state index in [1.54, 1.807) is 0 Å². The van der Waals surface area contributed by atoms with Gasteiger partial charge in [-0.3, -0.25) is 4.90 Å². The van der Waals surface area contributed by atoms with Crippen molar-refractivity contribution in [1.29, 1.82) is 0 Å². The summed E-state index contributed by atoms with van der Waals surface area (Å²) in [6.45, 7) is -0.0750.